The summed E-state index contributed by atoms with van der Waals surface area (Å²) in [5.74, 6) is -2.14. The molecule has 36 heavy (non-hydrogen) atoms. The number of nitrogens with one attached hydrogen (secondary N) is 2. The summed E-state index contributed by atoms with van der Waals surface area (Å²) in [4.78, 5) is 51.0. The van der Waals surface area contributed by atoms with Gasteiger partial charge < -0.3 is 15.2 Å². The summed E-state index contributed by atoms with van der Waals surface area (Å²) in [6.07, 6.45) is 1.22. The number of benzene rings is 3. The lowest BCUT2D eigenvalue weighted by Gasteiger charge is -2.26. The highest BCUT2D eigenvalue weighted by Crippen LogP contribution is 2.28. The predicted molar refractivity (Wildman–Crippen MR) is 134 cm³/mol. The van der Waals surface area contributed by atoms with Crippen molar-refractivity contribution in [3.05, 3.63) is 87.9 Å². The monoisotopic (exact) mass is 525 g/mol. The smallest absolute Gasteiger partial charge is 0.335 e. The van der Waals surface area contributed by atoms with E-state index in [4.69, 9.17) is 27.9 Å². The van der Waals surface area contributed by atoms with Gasteiger partial charge in [-0.25, -0.2) is 9.69 Å². The number of carbonyl (C=O) groups is 4. The Kier molecular flexibility index (Phi) is 7.23. The molecule has 3 aromatic carbocycles. The number of barbiturate groups is 1. The van der Waals surface area contributed by atoms with Crippen LogP contribution in [-0.2, 0) is 14.4 Å². The van der Waals surface area contributed by atoms with Gasteiger partial charge in [-0.1, -0.05) is 23.2 Å². The fraction of sp³-hybridized carbons (Fsp3) is 0.0400. The van der Waals surface area contributed by atoms with E-state index in [-0.39, 0.29) is 40.0 Å². The molecular formula is C25H17Cl2N3O6. The van der Waals surface area contributed by atoms with Gasteiger partial charge in [0.15, 0.2) is 6.61 Å². The second-order valence-corrected chi connectivity index (χ2v) is 8.37. The molecule has 1 aliphatic heterocycles. The molecule has 4 rings (SSSR count). The third-order valence-corrected chi connectivity index (χ3v) is 5.46. The maximum atomic E-state index is 13.1. The summed E-state index contributed by atoms with van der Waals surface area (Å²) >= 11 is 11.9. The Morgan fingerprint density at radius 1 is 0.972 bits per heavy atom. The number of imide groups is 2. The molecule has 3 N–H and O–H groups in total. The van der Waals surface area contributed by atoms with E-state index in [0.29, 0.717) is 10.7 Å². The zero-order chi connectivity index (χ0) is 25.8. The van der Waals surface area contributed by atoms with Crippen LogP contribution in [0.1, 0.15) is 5.56 Å². The van der Waals surface area contributed by atoms with Crippen molar-refractivity contribution in [3.63, 3.8) is 0 Å². The van der Waals surface area contributed by atoms with Gasteiger partial charge in [-0.05, 0) is 72.8 Å². The molecule has 0 spiro atoms. The molecule has 5 amide bonds. The molecule has 3 aromatic rings. The van der Waals surface area contributed by atoms with Crippen LogP contribution >= 0.6 is 23.2 Å². The van der Waals surface area contributed by atoms with Crippen LogP contribution in [0.4, 0.5) is 16.2 Å². The number of hydrogen-bond donors (Lipinski definition) is 3. The quantitative estimate of drug-likeness (QED) is 0.324. The Balaban J connectivity index is 1.57. The first-order chi connectivity index (χ1) is 17.2. The standard InChI is InChI=1S/C25H17Cl2N3O6/c26-15-1-4-17(5-2-15)28-22(32)13-36-21-10-3-16(27)11-14(21)12-20-23(33)29-25(35)30(24(20)34)18-6-8-19(31)9-7-18/h1-12,31H,13H2,(H,28,32)(H,29,33,35)/b20-12+. The van der Waals surface area contributed by atoms with E-state index in [2.05, 4.69) is 10.6 Å². The fourth-order valence-electron chi connectivity index (χ4n) is 3.29. The Hall–Kier alpha value is -4.34. The number of phenols is 1. The summed E-state index contributed by atoms with van der Waals surface area (Å²) < 4.78 is 5.62. The zero-order valence-electron chi connectivity index (χ0n) is 18.3. The second-order valence-electron chi connectivity index (χ2n) is 7.50. The number of urea groups is 1. The number of rotatable bonds is 6. The van der Waals surface area contributed by atoms with E-state index in [0.717, 1.165) is 4.90 Å². The van der Waals surface area contributed by atoms with Crippen molar-refractivity contribution >= 4 is 64.4 Å². The summed E-state index contributed by atoms with van der Waals surface area (Å²) in [6.45, 7) is -0.376. The molecule has 0 saturated carbocycles. The van der Waals surface area contributed by atoms with Gasteiger partial charge in [0.1, 0.15) is 17.1 Å². The van der Waals surface area contributed by atoms with E-state index in [1.165, 1.54) is 48.5 Å². The van der Waals surface area contributed by atoms with Crippen LogP contribution in [0.3, 0.4) is 0 Å². The van der Waals surface area contributed by atoms with Crippen molar-refractivity contribution in [1.29, 1.82) is 0 Å². The molecule has 0 bridgehead atoms. The molecule has 0 atom stereocenters. The number of carbonyl (C=O) groups excluding carboxylic acids is 4. The molecule has 1 aliphatic rings. The van der Waals surface area contributed by atoms with Gasteiger partial charge in [0.2, 0.25) is 0 Å². The van der Waals surface area contributed by atoms with Gasteiger partial charge in [-0.2, -0.15) is 0 Å². The van der Waals surface area contributed by atoms with Crippen LogP contribution in [0, 0.1) is 0 Å². The zero-order valence-corrected chi connectivity index (χ0v) is 19.8. The average molecular weight is 526 g/mol. The summed E-state index contributed by atoms with van der Waals surface area (Å²) in [7, 11) is 0. The molecule has 1 heterocycles. The first-order valence-corrected chi connectivity index (χ1v) is 11.1. The minimum atomic E-state index is -0.936. The second kappa shape index (κ2) is 10.5. The number of halogens is 2. The van der Waals surface area contributed by atoms with Crippen molar-refractivity contribution in [2.45, 2.75) is 0 Å². The Bertz CT molecular complexity index is 1390. The third-order valence-electron chi connectivity index (χ3n) is 4.97. The summed E-state index contributed by atoms with van der Waals surface area (Å²) in [5.41, 5.74) is 0.547. The predicted octanol–water partition coefficient (Wildman–Crippen LogP) is 4.38. The first-order valence-electron chi connectivity index (χ1n) is 10.4. The number of hydrogen-bond acceptors (Lipinski definition) is 6. The van der Waals surface area contributed by atoms with Crippen LogP contribution in [0.5, 0.6) is 11.5 Å². The average Bonchev–Trinajstić information content (AvgIpc) is 2.84. The van der Waals surface area contributed by atoms with Crippen LogP contribution in [0.15, 0.2) is 72.3 Å². The molecular weight excluding hydrogens is 509 g/mol. The summed E-state index contributed by atoms with van der Waals surface area (Å²) in [5, 5.41) is 15.1. The highest BCUT2D eigenvalue weighted by molar-refractivity contribution is 6.39. The molecule has 0 radical (unpaired) electrons. The normalized spacial score (nSPS) is 14.6. The molecule has 182 valence electrons. The van der Waals surface area contributed by atoms with Crippen molar-refractivity contribution < 1.29 is 29.0 Å². The van der Waals surface area contributed by atoms with Crippen molar-refractivity contribution in [2.24, 2.45) is 0 Å². The molecule has 11 heteroatoms. The summed E-state index contributed by atoms with van der Waals surface area (Å²) in [6, 6.07) is 15.3. The van der Waals surface area contributed by atoms with Gasteiger partial charge in [0.25, 0.3) is 17.7 Å². The molecule has 0 unspecified atom stereocenters. The van der Waals surface area contributed by atoms with Crippen molar-refractivity contribution in [2.75, 3.05) is 16.8 Å². The van der Waals surface area contributed by atoms with Gasteiger partial charge in [-0.3, -0.25) is 19.7 Å². The van der Waals surface area contributed by atoms with E-state index < -0.39 is 23.8 Å². The molecule has 9 nitrogen and oxygen atoms in total. The Morgan fingerprint density at radius 3 is 2.33 bits per heavy atom. The van der Waals surface area contributed by atoms with Gasteiger partial charge in [0.05, 0.1) is 5.69 Å². The highest BCUT2D eigenvalue weighted by Gasteiger charge is 2.37. The maximum absolute atomic E-state index is 13.1. The van der Waals surface area contributed by atoms with Gasteiger partial charge >= 0.3 is 6.03 Å². The van der Waals surface area contributed by atoms with Gasteiger partial charge in [0, 0.05) is 21.3 Å². The topological polar surface area (TPSA) is 125 Å². The van der Waals surface area contributed by atoms with Crippen LogP contribution in [-0.4, -0.2) is 35.5 Å². The lowest BCUT2D eigenvalue weighted by Crippen LogP contribution is -2.54. The molecule has 0 aromatic heterocycles. The maximum Gasteiger partial charge on any atom is 0.335 e. The fourth-order valence-corrected chi connectivity index (χ4v) is 3.59. The van der Waals surface area contributed by atoms with Gasteiger partial charge in [-0.15, -0.1) is 0 Å². The molecule has 1 fully saturated rings. The SMILES string of the molecule is O=C(COc1ccc(Cl)cc1/C=C1\C(=O)NC(=O)N(c2ccc(O)cc2)C1=O)Nc1ccc(Cl)cc1. The Morgan fingerprint density at radius 2 is 1.64 bits per heavy atom. The Labute approximate surface area is 214 Å². The number of amides is 5. The number of anilines is 2. The number of nitrogens with zero attached hydrogens (tertiary/aromatic N) is 1. The third kappa shape index (κ3) is 5.65. The van der Waals surface area contributed by atoms with E-state index >= 15 is 0 Å². The highest BCUT2D eigenvalue weighted by atomic mass is 35.5. The lowest BCUT2D eigenvalue weighted by molar-refractivity contribution is -0.122. The lowest BCUT2D eigenvalue weighted by atomic mass is 10.1. The van der Waals surface area contributed by atoms with Crippen LogP contribution < -0.4 is 20.3 Å². The minimum absolute atomic E-state index is 0.0590. The minimum Gasteiger partial charge on any atom is -0.508 e. The van der Waals surface area contributed by atoms with E-state index in [9.17, 15) is 24.3 Å². The van der Waals surface area contributed by atoms with E-state index in [1.807, 2.05) is 0 Å². The van der Waals surface area contributed by atoms with Crippen molar-refractivity contribution in [1.82, 2.24) is 5.32 Å². The number of phenolic OH excluding ortho intramolecular Hbond substituents is 1. The largest absolute Gasteiger partial charge is 0.508 e. The van der Waals surface area contributed by atoms with E-state index in [1.54, 1.807) is 24.3 Å². The number of aromatic hydroxyl groups is 1. The number of ether oxygens (including phenoxy) is 1. The first kappa shape index (κ1) is 24.8. The molecule has 0 aliphatic carbocycles. The van der Waals surface area contributed by atoms with Crippen LogP contribution in [0.25, 0.3) is 6.08 Å². The van der Waals surface area contributed by atoms with Crippen LogP contribution in [0.2, 0.25) is 10.0 Å². The molecule has 1 saturated heterocycles. The van der Waals surface area contributed by atoms with Crippen molar-refractivity contribution in [3.8, 4) is 11.5 Å².